The number of nitrogens with two attached hydrogens (primary N) is 1. The molecule has 0 aliphatic carbocycles. The quantitative estimate of drug-likeness (QED) is 0.840. The van der Waals surface area contributed by atoms with Crippen molar-refractivity contribution in [3.05, 3.63) is 34.9 Å². The highest BCUT2D eigenvalue weighted by Crippen LogP contribution is 2.13. The average Bonchev–Trinajstić information content (AvgIpc) is 2.18. The standard InChI is InChI=1S/C12H18ClNO/c1-3-15-9(2)12(14)8-10-5-4-6-11(13)7-10/h4-7,9,12H,3,8,14H2,1-2H3. The van der Waals surface area contributed by atoms with Crippen molar-refractivity contribution in [3.63, 3.8) is 0 Å². The molecule has 1 aromatic carbocycles. The molecule has 84 valence electrons. The fourth-order valence-corrected chi connectivity index (χ4v) is 1.70. The molecule has 0 saturated heterocycles. The van der Waals surface area contributed by atoms with Crippen molar-refractivity contribution in [2.24, 2.45) is 5.73 Å². The van der Waals surface area contributed by atoms with Crippen molar-refractivity contribution in [3.8, 4) is 0 Å². The van der Waals surface area contributed by atoms with Crippen LogP contribution >= 0.6 is 11.6 Å². The lowest BCUT2D eigenvalue weighted by atomic mass is 10.0. The van der Waals surface area contributed by atoms with Crippen LogP contribution < -0.4 is 5.73 Å². The summed E-state index contributed by atoms with van der Waals surface area (Å²) in [5.74, 6) is 0. The third kappa shape index (κ3) is 4.20. The SMILES string of the molecule is CCOC(C)C(N)Cc1cccc(Cl)c1. The Bertz CT molecular complexity index is 303. The molecule has 1 aromatic rings. The fraction of sp³-hybridized carbons (Fsp3) is 0.500. The number of hydrogen-bond donors (Lipinski definition) is 1. The Labute approximate surface area is 96.4 Å². The molecule has 0 radical (unpaired) electrons. The molecule has 2 N–H and O–H groups in total. The van der Waals surface area contributed by atoms with Crippen molar-refractivity contribution >= 4 is 11.6 Å². The van der Waals surface area contributed by atoms with Crippen molar-refractivity contribution in [1.29, 1.82) is 0 Å². The van der Waals surface area contributed by atoms with Crippen molar-refractivity contribution in [1.82, 2.24) is 0 Å². The minimum Gasteiger partial charge on any atom is -0.377 e. The average molecular weight is 228 g/mol. The zero-order valence-corrected chi connectivity index (χ0v) is 10.00. The van der Waals surface area contributed by atoms with Crippen LogP contribution in [0.25, 0.3) is 0 Å². The van der Waals surface area contributed by atoms with Crippen LogP contribution in [0.2, 0.25) is 5.02 Å². The van der Waals surface area contributed by atoms with Gasteiger partial charge in [0.15, 0.2) is 0 Å². The Kier molecular flexibility index (Phi) is 5.09. The molecule has 15 heavy (non-hydrogen) atoms. The summed E-state index contributed by atoms with van der Waals surface area (Å²) in [5.41, 5.74) is 7.17. The van der Waals surface area contributed by atoms with E-state index >= 15 is 0 Å². The van der Waals surface area contributed by atoms with Crippen LogP contribution in [0.4, 0.5) is 0 Å². The van der Waals surface area contributed by atoms with E-state index in [1.807, 2.05) is 38.1 Å². The molecule has 0 fully saturated rings. The molecule has 0 aliphatic rings. The first-order valence-corrected chi connectivity index (χ1v) is 5.63. The highest BCUT2D eigenvalue weighted by atomic mass is 35.5. The summed E-state index contributed by atoms with van der Waals surface area (Å²) in [7, 11) is 0. The molecule has 2 atom stereocenters. The zero-order valence-electron chi connectivity index (χ0n) is 9.24. The first-order chi connectivity index (χ1) is 7.13. The maximum Gasteiger partial charge on any atom is 0.0700 e. The van der Waals surface area contributed by atoms with Crippen LogP contribution in [0.3, 0.4) is 0 Å². The summed E-state index contributed by atoms with van der Waals surface area (Å²) in [6.45, 7) is 4.67. The van der Waals surface area contributed by atoms with Crippen molar-refractivity contribution in [2.45, 2.75) is 32.4 Å². The van der Waals surface area contributed by atoms with Crippen LogP contribution in [0.5, 0.6) is 0 Å². The maximum absolute atomic E-state index is 6.02. The van der Waals surface area contributed by atoms with Crippen LogP contribution in [-0.2, 0) is 11.2 Å². The second-order valence-electron chi connectivity index (χ2n) is 3.66. The summed E-state index contributed by atoms with van der Waals surface area (Å²) < 4.78 is 5.45. The molecule has 0 amide bonds. The summed E-state index contributed by atoms with van der Waals surface area (Å²) in [4.78, 5) is 0. The summed E-state index contributed by atoms with van der Waals surface area (Å²) in [5, 5.41) is 0.753. The Morgan fingerprint density at radius 2 is 2.20 bits per heavy atom. The molecule has 0 spiro atoms. The summed E-state index contributed by atoms with van der Waals surface area (Å²) in [6.07, 6.45) is 0.871. The van der Waals surface area contributed by atoms with Crippen molar-refractivity contribution < 1.29 is 4.74 Å². The summed E-state index contributed by atoms with van der Waals surface area (Å²) in [6, 6.07) is 7.80. The molecule has 0 saturated carbocycles. The van der Waals surface area contributed by atoms with Gasteiger partial charge in [0.05, 0.1) is 6.10 Å². The van der Waals surface area contributed by atoms with Crippen LogP contribution in [-0.4, -0.2) is 18.8 Å². The lowest BCUT2D eigenvalue weighted by molar-refractivity contribution is 0.0577. The minimum atomic E-state index is 0.0171. The van der Waals surface area contributed by atoms with E-state index in [0.717, 1.165) is 17.0 Å². The second kappa shape index (κ2) is 6.11. The fourth-order valence-electron chi connectivity index (χ4n) is 1.49. The molecular formula is C12H18ClNO. The Balaban J connectivity index is 2.54. The van der Waals surface area contributed by atoms with Gasteiger partial charge in [0, 0.05) is 17.7 Å². The van der Waals surface area contributed by atoms with E-state index in [1.54, 1.807) is 0 Å². The number of halogens is 1. The summed E-state index contributed by atoms with van der Waals surface area (Å²) >= 11 is 5.90. The van der Waals surface area contributed by atoms with E-state index in [-0.39, 0.29) is 12.1 Å². The van der Waals surface area contributed by atoms with Gasteiger partial charge in [-0.1, -0.05) is 23.7 Å². The van der Waals surface area contributed by atoms with Gasteiger partial charge in [0.2, 0.25) is 0 Å². The van der Waals surface area contributed by atoms with E-state index in [9.17, 15) is 0 Å². The van der Waals surface area contributed by atoms with Crippen LogP contribution in [0.1, 0.15) is 19.4 Å². The van der Waals surface area contributed by atoms with E-state index in [4.69, 9.17) is 22.1 Å². The van der Waals surface area contributed by atoms with Crippen LogP contribution in [0.15, 0.2) is 24.3 Å². The minimum absolute atomic E-state index is 0.0171. The van der Waals surface area contributed by atoms with E-state index in [0.29, 0.717) is 6.61 Å². The van der Waals surface area contributed by atoms with Gasteiger partial charge in [-0.05, 0) is 38.0 Å². The second-order valence-corrected chi connectivity index (χ2v) is 4.09. The van der Waals surface area contributed by atoms with Gasteiger partial charge in [-0.2, -0.15) is 0 Å². The lowest BCUT2D eigenvalue weighted by Crippen LogP contribution is -2.36. The molecule has 3 heteroatoms. The number of benzene rings is 1. The lowest BCUT2D eigenvalue weighted by Gasteiger charge is -2.19. The van der Waals surface area contributed by atoms with Gasteiger partial charge in [-0.25, -0.2) is 0 Å². The third-order valence-electron chi connectivity index (χ3n) is 2.39. The molecule has 0 bridgehead atoms. The topological polar surface area (TPSA) is 35.2 Å². The van der Waals surface area contributed by atoms with E-state index in [2.05, 4.69) is 0 Å². The molecule has 0 heterocycles. The first-order valence-electron chi connectivity index (χ1n) is 5.25. The largest absolute Gasteiger partial charge is 0.377 e. The van der Waals surface area contributed by atoms with E-state index in [1.165, 1.54) is 0 Å². The first kappa shape index (κ1) is 12.5. The predicted molar refractivity (Wildman–Crippen MR) is 64.2 cm³/mol. The zero-order chi connectivity index (χ0) is 11.3. The molecule has 0 aromatic heterocycles. The molecule has 0 aliphatic heterocycles. The number of hydrogen-bond acceptors (Lipinski definition) is 2. The van der Waals surface area contributed by atoms with Gasteiger partial charge in [-0.3, -0.25) is 0 Å². The van der Waals surface area contributed by atoms with Crippen molar-refractivity contribution in [2.75, 3.05) is 6.61 Å². The molecule has 1 rings (SSSR count). The normalized spacial score (nSPS) is 14.9. The predicted octanol–water partition coefficient (Wildman–Crippen LogP) is 2.63. The number of ether oxygens (including phenoxy) is 1. The number of rotatable bonds is 5. The highest BCUT2D eigenvalue weighted by molar-refractivity contribution is 6.30. The van der Waals surface area contributed by atoms with Gasteiger partial charge in [0.25, 0.3) is 0 Å². The Morgan fingerprint density at radius 3 is 2.80 bits per heavy atom. The third-order valence-corrected chi connectivity index (χ3v) is 2.63. The molecular weight excluding hydrogens is 210 g/mol. The van der Waals surface area contributed by atoms with E-state index < -0.39 is 0 Å². The van der Waals surface area contributed by atoms with Gasteiger partial charge in [-0.15, -0.1) is 0 Å². The Morgan fingerprint density at radius 1 is 1.47 bits per heavy atom. The molecule has 2 nitrogen and oxygen atoms in total. The smallest absolute Gasteiger partial charge is 0.0700 e. The maximum atomic E-state index is 6.02. The Hall–Kier alpha value is -0.570. The molecule has 2 unspecified atom stereocenters. The van der Waals surface area contributed by atoms with Crippen LogP contribution in [0, 0.1) is 0 Å². The highest BCUT2D eigenvalue weighted by Gasteiger charge is 2.13. The monoisotopic (exact) mass is 227 g/mol. The van der Waals surface area contributed by atoms with Gasteiger partial charge >= 0.3 is 0 Å². The van der Waals surface area contributed by atoms with Gasteiger partial charge in [0.1, 0.15) is 0 Å². The van der Waals surface area contributed by atoms with Gasteiger partial charge < -0.3 is 10.5 Å².